The lowest BCUT2D eigenvalue weighted by Gasteiger charge is -2.08. The lowest BCUT2D eigenvalue weighted by Crippen LogP contribution is -2.07. The van der Waals surface area contributed by atoms with Crippen LogP contribution in [0.25, 0.3) is 0 Å². The van der Waals surface area contributed by atoms with Gasteiger partial charge in [0.25, 0.3) is 0 Å². The topological polar surface area (TPSA) is 121 Å². The Bertz CT molecular complexity index is 820. The number of hydrogen-bond donors (Lipinski definition) is 2. The third-order valence-corrected chi connectivity index (χ3v) is 5.42. The van der Waals surface area contributed by atoms with E-state index in [1.165, 1.54) is 17.7 Å². The van der Waals surface area contributed by atoms with Gasteiger partial charge in [0, 0.05) is 17.3 Å². The van der Waals surface area contributed by atoms with Crippen molar-refractivity contribution in [3.8, 4) is 0 Å². The van der Waals surface area contributed by atoms with Crippen LogP contribution < -0.4 is 11.5 Å². The van der Waals surface area contributed by atoms with Gasteiger partial charge < -0.3 is 16.0 Å². The molecule has 0 amide bonds. The molecular formula is C14H16N8S2. The van der Waals surface area contributed by atoms with Crippen molar-refractivity contribution in [1.82, 2.24) is 29.7 Å². The molecule has 0 saturated heterocycles. The third kappa shape index (κ3) is 3.34. The average molecular weight is 360 g/mol. The molecule has 0 radical (unpaired) electrons. The van der Waals surface area contributed by atoms with Gasteiger partial charge in [-0.3, -0.25) is 0 Å². The van der Waals surface area contributed by atoms with Crippen molar-refractivity contribution in [2.45, 2.75) is 36.2 Å². The molecule has 0 aliphatic heterocycles. The highest BCUT2D eigenvalue weighted by atomic mass is 32.2. The Hall–Kier alpha value is -2.20. The minimum atomic E-state index is 0.139. The van der Waals surface area contributed by atoms with Gasteiger partial charge in [-0.25, -0.2) is 0 Å². The van der Waals surface area contributed by atoms with E-state index >= 15 is 0 Å². The Morgan fingerprint density at radius 1 is 1.17 bits per heavy atom. The van der Waals surface area contributed by atoms with Gasteiger partial charge in [0.2, 0.25) is 11.9 Å². The summed E-state index contributed by atoms with van der Waals surface area (Å²) in [6.07, 6.45) is 3.16. The molecule has 0 bridgehead atoms. The van der Waals surface area contributed by atoms with E-state index in [0.29, 0.717) is 17.6 Å². The zero-order valence-corrected chi connectivity index (χ0v) is 14.4. The Morgan fingerprint density at radius 2 is 1.96 bits per heavy atom. The molecule has 4 N–H and O–H groups in total. The Balaban J connectivity index is 1.53. The molecule has 1 aliphatic carbocycles. The van der Waals surface area contributed by atoms with Crippen molar-refractivity contribution in [2.24, 2.45) is 0 Å². The fourth-order valence-electron chi connectivity index (χ4n) is 2.45. The number of rotatable bonds is 6. The van der Waals surface area contributed by atoms with Crippen LogP contribution in [0.4, 0.5) is 11.9 Å². The van der Waals surface area contributed by atoms with Gasteiger partial charge in [0.05, 0.1) is 5.75 Å². The summed E-state index contributed by atoms with van der Waals surface area (Å²) < 4.78 is 2.25. The first-order valence-corrected chi connectivity index (χ1v) is 9.40. The highest BCUT2D eigenvalue weighted by Gasteiger charge is 2.29. The van der Waals surface area contributed by atoms with Crippen LogP contribution in [0.3, 0.4) is 0 Å². The minimum absolute atomic E-state index is 0.139. The summed E-state index contributed by atoms with van der Waals surface area (Å²) in [7, 11) is 0. The molecule has 0 atom stereocenters. The van der Waals surface area contributed by atoms with Gasteiger partial charge in [0.15, 0.2) is 5.16 Å². The summed E-state index contributed by atoms with van der Waals surface area (Å²) >= 11 is 3.29. The average Bonchev–Trinajstić information content (AvgIpc) is 3.09. The zero-order chi connectivity index (χ0) is 16.5. The Labute approximate surface area is 146 Å². The van der Waals surface area contributed by atoms with Crippen LogP contribution in [0, 0.1) is 0 Å². The molecule has 0 unspecified atom stereocenters. The number of nitrogens with zero attached hydrogens (tertiary/aromatic N) is 6. The fourth-order valence-corrected chi connectivity index (χ4v) is 4.03. The maximum Gasteiger partial charge on any atom is 0.225 e. The van der Waals surface area contributed by atoms with Gasteiger partial charge in [-0.1, -0.05) is 17.8 Å². The second kappa shape index (κ2) is 6.36. The molecule has 0 aromatic carbocycles. The second-order valence-corrected chi connectivity index (χ2v) is 7.49. The van der Waals surface area contributed by atoms with Gasteiger partial charge in [-0.2, -0.15) is 15.0 Å². The molecular weight excluding hydrogens is 344 g/mol. The number of nitrogen functional groups attached to an aromatic ring is 2. The molecule has 3 heterocycles. The largest absolute Gasteiger partial charge is 0.368 e. The molecule has 10 heteroatoms. The summed E-state index contributed by atoms with van der Waals surface area (Å²) in [5, 5.41) is 11.7. The number of thiophene rings is 1. The van der Waals surface area contributed by atoms with Crippen LogP contribution in [-0.4, -0.2) is 29.7 Å². The zero-order valence-electron chi connectivity index (χ0n) is 12.8. The number of aromatic nitrogens is 6. The number of nitrogens with two attached hydrogens (primary N) is 2. The van der Waals surface area contributed by atoms with Crippen LogP contribution in [-0.2, 0) is 12.2 Å². The van der Waals surface area contributed by atoms with Crippen LogP contribution in [0.1, 0.15) is 35.4 Å². The summed E-state index contributed by atoms with van der Waals surface area (Å²) in [5.41, 5.74) is 11.2. The lowest BCUT2D eigenvalue weighted by atomic mass is 10.3. The SMILES string of the molecule is Nc1nc(N)nc(CSc2nnc(Cc3cccs3)n2C2CC2)n1. The molecule has 1 saturated carbocycles. The molecule has 1 fully saturated rings. The first kappa shape index (κ1) is 15.3. The van der Waals surface area contributed by atoms with Gasteiger partial charge >= 0.3 is 0 Å². The Kier molecular flexibility index (Phi) is 4.07. The fraction of sp³-hybridized carbons (Fsp3) is 0.357. The van der Waals surface area contributed by atoms with Crippen LogP contribution >= 0.6 is 23.1 Å². The van der Waals surface area contributed by atoms with E-state index in [1.54, 1.807) is 23.1 Å². The van der Waals surface area contributed by atoms with Gasteiger partial charge in [0.1, 0.15) is 11.6 Å². The van der Waals surface area contributed by atoms with Crippen molar-refractivity contribution >= 4 is 35.0 Å². The monoisotopic (exact) mass is 360 g/mol. The van der Waals surface area contributed by atoms with Crippen molar-refractivity contribution in [2.75, 3.05) is 11.5 Å². The number of anilines is 2. The van der Waals surface area contributed by atoms with E-state index in [0.717, 1.165) is 17.4 Å². The molecule has 24 heavy (non-hydrogen) atoms. The number of hydrogen-bond acceptors (Lipinski definition) is 9. The minimum Gasteiger partial charge on any atom is -0.368 e. The Morgan fingerprint density at radius 3 is 2.62 bits per heavy atom. The predicted octanol–water partition coefficient (Wildman–Crippen LogP) is 1.91. The van der Waals surface area contributed by atoms with Crippen LogP contribution in [0.5, 0.6) is 0 Å². The molecule has 1 aliphatic rings. The highest BCUT2D eigenvalue weighted by molar-refractivity contribution is 7.98. The van der Waals surface area contributed by atoms with Crippen molar-refractivity contribution in [3.63, 3.8) is 0 Å². The summed E-state index contributed by atoms with van der Waals surface area (Å²) in [6.45, 7) is 0. The second-order valence-electron chi connectivity index (χ2n) is 5.51. The summed E-state index contributed by atoms with van der Waals surface area (Å²) in [4.78, 5) is 13.3. The standard InChI is InChI=1S/C14H16N8S2/c15-12-17-10(18-13(16)19-12)7-24-14-21-20-11(22(14)8-3-4-8)6-9-2-1-5-23-9/h1-2,5,8H,3-4,6-7H2,(H4,15,16,17,18,19). The molecule has 3 aromatic heterocycles. The highest BCUT2D eigenvalue weighted by Crippen LogP contribution is 2.39. The van der Waals surface area contributed by atoms with E-state index < -0.39 is 0 Å². The van der Waals surface area contributed by atoms with E-state index in [4.69, 9.17) is 11.5 Å². The molecule has 0 spiro atoms. The maximum atomic E-state index is 5.61. The summed E-state index contributed by atoms with van der Waals surface area (Å²) in [6, 6.07) is 4.69. The number of thioether (sulfide) groups is 1. The summed E-state index contributed by atoms with van der Waals surface area (Å²) in [5.74, 6) is 2.37. The maximum absolute atomic E-state index is 5.61. The smallest absolute Gasteiger partial charge is 0.225 e. The van der Waals surface area contributed by atoms with Crippen LogP contribution in [0.15, 0.2) is 22.7 Å². The predicted molar refractivity (Wildman–Crippen MR) is 93.6 cm³/mol. The first-order valence-electron chi connectivity index (χ1n) is 7.54. The quantitative estimate of drug-likeness (QED) is 0.639. The van der Waals surface area contributed by atoms with E-state index in [-0.39, 0.29) is 11.9 Å². The molecule has 4 rings (SSSR count). The van der Waals surface area contributed by atoms with E-state index in [9.17, 15) is 0 Å². The van der Waals surface area contributed by atoms with E-state index in [2.05, 4.69) is 47.2 Å². The third-order valence-electron chi connectivity index (χ3n) is 3.61. The normalized spacial score (nSPS) is 14.2. The van der Waals surface area contributed by atoms with Gasteiger partial charge in [-0.05, 0) is 24.3 Å². The van der Waals surface area contributed by atoms with Crippen molar-refractivity contribution < 1.29 is 0 Å². The molecule has 3 aromatic rings. The van der Waals surface area contributed by atoms with Crippen LogP contribution in [0.2, 0.25) is 0 Å². The van der Waals surface area contributed by atoms with Gasteiger partial charge in [-0.15, -0.1) is 21.5 Å². The lowest BCUT2D eigenvalue weighted by molar-refractivity contribution is 0.635. The van der Waals surface area contributed by atoms with Crippen molar-refractivity contribution in [1.29, 1.82) is 0 Å². The molecule has 8 nitrogen and oxygen atoms in total. The first-order chi connectivity index (χ1) is 11.7. The molecule has 124 valence electrons. The van der Waals surface area contributed by atoms with Crippen molar-refractivity contribution in [3.05, 3.63) is 34.0 Å². The van der Waals surface area contributed by atoms with E-state index in [1.807, 2.05) is 0 Å².